The second-order valence-corrected chi connectivity index (χ2v) is 7.37. The van der Waals surface area contributed by atoms with Crippen molar-refractivity contribution in [3.8, 4) is 17.1 Å². The van der Waals surface area contributed by atoms with E-state index in [2.05, 4.69) is 9.97 Å². The minimum atomic E-state index is -0.852. The molecule has 32 heavy (non-hydrogen) atoms. The van der Waals surface area contributed by atoms with Gasteiger partial charge in [-0.25, -0.2) is 19.2 Å². The lowest BCUT2D eigenvalue weighted by Gasteiger charge is -2.14. The van der Waals surface area contributed by atoms with Gasteiger partial charge in [-0.1, -0.05) is 72.8 Å². The molecule has 0 saturated heterocycles. The number of benzene rings is 3. The fourth-order valence-corrected chi connectivity index (χ4v) is 3.33. The van der Waals surface area contributed by atoms with Crippen LogP contribution in [-0.2, 0) is 17.6 Å². The fraction of sp³-hybridized carbons (Fsp3) is 0.115. The average molecular weight is 427 g/mol. The topological polar surface area (TPSA) is 78.1 Å². The molecule has 4 rings (SSSR count). The highest BCUT2D eigenvalue weighted by molar-refractivity contribution is 5.78. The maximum Gasteiger partial charge on any atom is 0.330 e. The van der Waals surface area contributed by atoms with E-state index in [-0.39, 0.29) is 5.88 Å². The minimum Gasteiger partial charge on any atom is -0.404 e. The van der Waals surface area contributed by atoms with Gasteiger partial charge in [0, 0.05) is 12.0 Å². The van der Waals surface area contributed by atoms with Crippen LogP contribution in [0.5, 0.6) is 5.88 Å². The van der Waals surface area contributed by atoms with Crippen LogP contribution in [0.25, 0.3) is 11.3 Å². The Morgan fingerprint density at radius 2 is 1.53 bits per heavy atom. The van der Waals surface area contributed by atoms with Crippen molar-refractivity contribution in [1.82, 2.24) is 9.97 Å². The average Bonchev–Trinajstić information content (AvgIpc) is 2.82. The maximum atomic E-state index is 14.3. The Hall–Kier alpha value is -3.90. The zero-order chi connectivity index (χ0) is 22.3. The van der Waals surface area contributed by atoms with Crippen LogP contribution in [0.3, 0.4) is 0 Å². The first-order valence-corrected chi connectivity index (χ1v) is 10.3. The molecule has 3 aromatic carbocycles. The summed E-state index contributed by atoms with van der Waals surface area (Å²) in [7, 11) is 0. The molecule has 0 unspecified atom stereocenters. The number of carbonyl (C=O) groups excluding carboxylic acids is 1. The van der Waals surface area contributed by atoms with E-state index in [1.54, 1.807) is 18.2 Å². The molecule has 6 heteroatoms. The third kappa shape index (κ3) is 5.22. The summed E-state index contributed by atoms with van der Waals surface area (Å²) in [6, 6.07) is 24.6. The molecule has 4 aromatic rings. The highest BCUT2D eigenvalue weighted by Gasteiger charge is 2.21. The zero-order valence-corrected chi connectivity index (χ0v) is 17.3. The normalized spacial score (nSPS) is 11.7. The molecule has 1 aromatic heterocycles. The third-order valence-electron chi connectivity index (χ3n) is 4.97. The van der Waals surface area contributed by atoms with Crippen LogP contribution in [0.1, 0.15) is 16.8 Å². The number of aromatic nitrogens is 2. The smallest absolute Gasteiger partial charge is 0.330 e. The van der Waals surface area contributed by atoms with Crippen molar-refractivity contribution in [3.63, 3.8) is 0 Å². The Balaban J connectivity index is 1.61. The molecule has 2 N–H and O–H groups in total. The Kier molecular flexibility index (Phi) is 6.63. The van der Waals surface area contributed by atoms with E-state index in [0.717, 1.165) is 11.1 Å². The summed E-state index contributed by atoms with van der Waals surface area (Å²) in [6.45, 7) is 0. The molecule has 0 aliphatic carbocycles. The number of halogens is 1. The number of ether oxygens (including phenoxy) is 1. The van der Waals surface area contributed by atoms with Crippen LogP contribution in [0.4, 0.5) is 4.39 Å². The summed E-state index contributed by atoms with van der Waals surface area (Å²) in [4.78, 5) is 21.5. The van der Waals surface area contributed by atoms with Crippen LogP contribution in [0.2, 0.25) is 0 Å². The third-order valence-corrected chi connectivity index (χ3v) is 4.97. The maximum absolute atomic E-state index is 14.3. The first-order chi connectivity index (χ1) is 15.6. The monoisotopic (exact) mass is 427 g/mol. The fourth-order valence-electron chi connectivity index (χ4n) is 3.33. The summed E-state index contributed by atoms with van der Waals surface area (Å²) >= 11 is 0. The molecule has 0 radical (unpaired) electrons. The predicted molar refractivity (Wildman–Crippen MR) is 120 cm³/mol. The lowest BCUT2D eigenvalue weighted by molar-refractivity contribution is -0.136. The lowest BCUT2D eigenvalue weighted by Crippen LogP contribution is -2.36. The summed E-state index contributed by atoms with van der Waals surface area (Å²) in [5, 5.41) is 0. The second-order valence-electron chi connectivity index (χ2n) is 7.37. The summed E-state index contributed by atoms with van der Waals surface area (Å²) in [5.74, 6) is -0.930. The van der Waals surface area contributed by atoms with E-state index >= 15 is 0 Å². The SMILES string of the molecule is N[C@@H](Cc1ccccc1)C(=O)Oc1ncc(-c2ccccc2F)nc1Cc1ccccc1. The molecule has 0 fully saturated rings. The Bertz CT molecular complexity index is 1200. The van der Waals surface area contributed by atoms with Crippen molar-refractivity contribution in [3.05, 3.63) is 114 Å². The van der Waals surface area contributed by atoms with E-state index in [1.165, 1.54) is 12.3 Å². The van der Waals surface area contributed by atoms with Gasteiger partial charge in [0.2, 0.25) is 5.88 Å². The summed E-state index contributed by atoms with van der Waals surface area (Å²) in [5.41, 5.74) is 9.08. The molecule has 0 amide bonds. The number of nitrogens with two attached hydrogens (primary N) is 1. The van der Waals surface area contributed by atoms with Crippen LogP contribution >= 0.6 is 0 Å². The molecule has 0 aliphatic rings. The molecular weight excluding hydrogens is 405 g/mol. The Labute approximate surface area is 185 Å². The molecule has 1 atom stereocenters. The van der Waals surface area contributed by atoms with Gasteiger partial charge in [-0.3, -0.25) is 0 Å². The molecule has 0 spiro atoms. The summed E-state index contributed by atoms with van der Waals surface area (Å²) < 4.78 is 19.8. The van der Waals surface area contributed by atoms with E-state index in [4.69, 9.17) is 10.5 Å². The molecule has 5 nitrogen and oxygen atoms in total. The first kappa shape index (κ1) is 21.3. The zero-order valence-electron chi connectivity index (χ0n) is 17.3. The van der Waals surface area contributed by atoms with Crippen LogP contribution in [0.15, 0.2) is 91.1 Å². The minimum absolute atomic E-state index is 0.0717. The van der Waals surface area contributed by atoms with Crippen LogP contribution in [-0.4, -0.2) is 22.0 Å². The number of hydrogen-bond donors (Lipinski definition) is 1. The van der Waals surface area contributed by atoms with Gasteiger partial charge in [0.25, 0.3) is 0 Å². The van der Waals surface area contributed by atoms with Gasteiger partial charge in [-0.15, -0.1) is 0 Å². The van der Waals surface area contributed by atoms with Gasteiger partial charge in [-0.2, -0.15) is 0 Å². The molecular formula is C26H22FN3O2. The van der Waals surface area contributed by atoms with Crippen LogP contribution < -0.4 is 10.5 Å². The number of hydrogen-bond acceptors (Lipinski definition) is 5. The quantitative estimate of drug-likeness (QED) is 0.444. The molecule has 0 bridgehead atoms. The van der Waals surface area contributed by atoms with E-state index < -0.39 is 17.8 Å². The van der Waals surface area contributed by atoms with Crippen molar-refractivity contribution in [2.45, 2.75) is 18.9 Å². The van der Waals surface area contributed by atoms with E-state index in [9.17, 15) is 9.18 Å². The predicted octanol–water partition coefficient (Wildman–Crippen LogP) is 4.35. The standard InChI is InChI=1S/C26H22FN3O2/c27-21-14-8-7-13-20(21)24-17-29-25(23(30-24)16-19-11-5-2-6-12-19)32-26(31)22(28)15-18-9-3-1-4-10-18/h1-14,17,22H,15-16,28H2/t22-/m0/s1. The van der Waals surface area contributed by atoms with Gasteiger partial charge in [0.05, 0.1) is 11.9 Å². The molecule has 160 valence electrons. The van der Waals surface area contributed by atoms with Gasteiger partial charge in [0.1, 0.15) is 17.6 Å². The lowest BCUT2D eigenvalue weighted by atomic mass is 10.1. The van der Waals surface area contributed by atoms with Crippen molar-refractivity contribution >= 4 is 5.97 Å². The van der Waals surface area contributed by atoms with E-state index in [1.807, 2.05) is 60.7 Å². The number of rotatable bonds is 7. The molecule has 0 saturated carbocycles. The Morgan fingerprint density at radius 3 is 2.22 bits per heavy atom. The first-order valence-electron chi connectivity index (χ1n) is 10.3. The highest BCUT2D eigenvalue weighted by atomic mass is 19.1. The number of esters is 1. The molecule has 1 heterocycles. The van der Waals surface area contributed by atoms with Crippen molar-refractivity contribution < 1.29 is 13.9 Å². The second kappa shape index (κ2) is 9.94. The molecule has 0 aliphatic heterocycles. The number of carbonyl (C=O) groups is 1. The largest absolute Gasteiger partial charge is 0.404 e. The van der Waals surface area contributed by atoms with Crippen LogP contribution in [0, 0.1) is 5.82 Å². The van der Waals surface area contributed by atoms with Gasteiger partial charge < -0.3 is 10.5 Å². The Morgan fingerprint density at radius 1 is 0.906 bits per heavy atom. The van der Waals surface area contributed by atoms with Crippen molar-refractivity contribution in [1.29, 1.82) is 0 Å². The van der Waals surface area contributed by atoms with Crippen molar-refractivity contribution in [2.24, 2.45) is 5.73 Å². The highest BCUT2D eigenvalue weighted by Crippen LogP contribution is 2.25. The van der Waals surface area contributed by atoms with Gasteiger partial charge in [0.15, 0.2) is 0 Å². The van der Waals surface area contributed by atoms with E-state index in [0.29, 0.717) is 29.8 Å². The van der Waals surface area contributed by atoms with Gasteiger partial charge in [-0.05, 0) is 29.7 Å². The summed E-state index contributed by atoms with van der Waals surface area (Å²) in [6.07, 6.45) is 2.11. The van der Waals surface area contributed by atoms with Gasteiger partial charge >= 0.3 is 5.97 Å². The number of nitrogens with zero attached hydrogens (tertiary/aromatic N) is 2. The van der Waals surface area contributed by atoms with Crippen molar-refractivity contribution in [2.75, 3.05) is 0 Å².